The van der Waals surface area contributed by atoms with E-state index in [1.54, 1.807) is 0 Å². The molecule has 134 valence electrons. The van der Waals surface area contributed by atoms with E-state index in [9.17, 15) is 14.4 Å². The van der Waals surface area contributed by atoms with Gasteiger partial charge in [-0.3, -0.25) is 9.59 Å². The van der Waals surface area contributed by atoms with Crippen molar-refractivity contribution in [2.45, 2.75) is 57.6 Å². The van der Waals surface area contributed by atoms with E-state index in [0.29, 0.717) is 12.5 Å². The molecule has 9 heteroatoms. The van der Waals surface area contributed by atoms with Gasteiger partial charge in [-0.1, -0.05) is 38.8 Å². The molecule has 3 atom stereocenters. The SMILES string of the molecule is BC(B)(C(C)C)[C@H](NC(=O)[C@H]1O[C@@H]1C(=O)O)C(=O)NCCC(C)C. The molecule has 1 fully saturated rings. The molecule has 0 aromatic heterocycles. The van der Waals surface area contributed by atoms with E-state index in [1.807, 2.05) is 29.5 Å². The van der Waals surface area contributed by atoms with Gasteiger partial charge in [0.15, 0.2) is 12.2 Å². The zero-order valence-corrected chi connectivity index (χ0v) is 15.4. The van der Waals surface area contributed by atoms with Gasteiger partial charge in [-0.15, -0.1) is 0 Å². The summed E-state index contributed by atoms with van der Waals surface area (Å²) < 4.78 is 4.86. The number of rotatable bonds is 9. The van der Waals surface area contributed by atoms with Gasteiger partial charge >= 0.3 is 5.97 Å². The molecule has 0 bridgehead atoms. The Morgan fingerprint density at radius 1 is 1.17 bits per heavy atom. The lowest BCUT2D eigenvalue weighted by Gasteiger charge is -2.37. The lowest BCUT2D eigenvalue weighted by Crippen LogP contribution is -2.56. The van der Waals surface area contributed by atoms with Crippen LogP contribution in [0.4, 0.5) is 0 Å². The minimum absolute atomic E-state index is 0.133. The number of carbonyl (C=O) groups is 3. The van der Waals surface area contributed by atoms with Crippen molar-refractivity contribution in [3.63, 3.8) is 0 Å². The summed E-state index contributed by atoms with van der Waals surface area (Å²) in [7, 11) is 3.82. The third-order valence-corrected chi connectivity index (χ3v) is 4.80. The number of hydrogen-bond acceptors (Lipinski definition) is 4. The van der Waals surface area contributed by atoms with E-state index < -0.39 is 35.3 Å². The van der Waals surface area contributed by atoms with Gasteiger partial charge in [-0.25, -0.2) is 4.79 Å². The summed E-state index contributed by atoms with van der Waals surface area (Å²) in [5.74, 6) is -1.38. The first-order valence-corrected chi connectivity index (χ1v) is 8.44. The van der Waals surface area contributed by atoms with Crippen LogP contribution < -0.4 is 10.6 Å². The summed E-state index contributed by atoms with van der Waals surface area (Å²) in [5, 5.41) is 13.9. The quantitative estimate of drug-likeness (QED) is 0.351. The normalized spacial score (nSPS) is 21.4. The zero-order valence-electron chi connectivity index (χ0n) is 15.4. The van der Waals surface area contributed by atoms with Crippen LogP contribution in [0, 0.1) is 11.8 Å². The van der Waals surface area contributed by atoms with Gasteiger partial charge < -0.3 is 20.5 Å². The van der Waals surface area contributed by atoms with Gasteiger partial charge in [0.1, 0.15) is 15.7 Å². The van der Waals surface area contributed by atoms with Crippen molar-refractivity contribution >= 4 is 33.5 Å². The van der Waals surface area contributed by atoms with E-state index in [2.05, 4.69) is 24.5 Å². The fourth-order valence-corrected chi connectivity index (χ4v) is 2.23. The second-order valence-corrected chi connectivity index (χ2v) is 7.71. The lowest BCUT2D eigenvalue weighted by atomic mass is 9.45. The van der Waals surface area contributed by atoms with Crippen LogP contribution in [0.15, 0.2) is 0 Å². The molecule has 0 aliphatic carbocycles. The molecule has 7 nitrogen and oxygen atoms in total. The number of hydrogen-bond donors (Lipinski definition) is 3. The van der Waals surface area contributed by atoms with E-state index in [0.717, 1.165) is 6.42 Å². The Bertz CT molecular complexity index is 496. The summed E-state index contributed by atoms with van der Waals surface area (Å²) in [6.07, 6.45) is -1.28. The van der Waals surface area contributed by atoms with Crippen molar-refractivity contribution in [2.24, 2.45) is 11.8 Å². The summed E-state index contributed by atoms with van der Waals surface area (Å²) in [4.78, 5) is 35.6. The third kappa shape index (κ3) is 5.26. The number of amides is 2. The molecule has 1 saturated heterocycles. The lowest BCUT2D eigenvalue weighted by molar-refractivity contribution is -0.138. The first kappa shape index (κ1) is 20.5. The van der Waals surface area contributed by atoms with Crippen LogP contribution in [-0.2, 0) is 19.1 Å². The van der Waals surface area contributed by atoms with Gasteiger partial charge in [0.05, 0.1) is 6.04 Å². The van der Waals surface area contributed by atoms with Gasteiger partial charge in [-0.05, 0) is 12.3 Å². The smallest absolute Gasteiger partial charge is 0.336 e. The fraction of sp³-hybridized carbons (Fsp3) is 0.800. The standard InChI is InChI=1S/C15H28B2N2O5/c1-7(2)5-6-18-13(21)11(15(16,17)8(3)4)19-12(20)9-10(24-9)14(22)23/h7-11H,5-6,16-17H2,1-4H3,(H,18,21)(H,19,20)(H,22,23)/t9-,10-,11+/m0/s1. The molecule has 0 aromatic carbocycles. The maximum atomic E-state index is 12.6. The van der Waals surface area contributed by atoms with Gasteiger partial charge in [0.25, 0.3) is 5.91 Å². The predicted octanol–water partition coefficient (Wildman–Crippen LogP) is -1.48. The first-order chi connectivity index (χ1) is 11.0. The second kappa shape index (κ2) is 8.05. The monoisotopic (exact) mass is 338 g/mol. The van der Waals surface area contributed by atoms with Crippen LogP contribution in [0.3, 0.4) is 0 Å². The number of epoxide rings is 1. The van der Waals surface area contributed by atoms with Gasteiger partial charge in [0, 0.05) is 6.54 Å². The van der Waals surface area contributed by atoms with Gasteiger partial charge in [0.2, 0.25) is 5.91 Å². The zero-order chi connectivity index (χ0) is 18.7. The Balaban J connectivity index is 2.77. The third-order valence-electron chi connectivity index (χ3n) is 4.80. The highest BCUT2D eigenvalue weighted by atomic mass is 16.6. The Hall–Kier alpha value is -1.50. The summed E-state index contributed by atoms with van der Waals surface area (Å²) >= 11 is 0. The average molecular weight is 338 g/mol. The molecular weight excluding hydrogens is 310 g/mol. The number of nitrogens with one attached hydrogen (secondary N) is 2. The summed E-state index contributed by atoms with van der Waals surface area (Å²) in [6, 6.07) is -0.754. The topological polar surface area (TPSA) is 108 Å². The minimum atomic E-state index is -1.17. The number of carboxylic acid groups (broad SMARTS) is 1. The number of carboxylic acids is 1. The molecule has 2 amide bonds. The van der Waals surface area contributed by atoms with Crippen molar-refractivity contribution in [2.75, 3.05) is 6.54 Å². The van der Waals surface area contributed by atoms with E-state index in [1.165, 1.54) is 0 Å². The van der Waals surface area contributed by atoms with Gasteiger partial charge in [-0.2, -0.15) is 0 Å². The van der Waals surface area contributed by atoms with Crippen LogP contribution in [-0.4, -0.2) is 63.4 Å². The molecule has 0 saturated carbocycles. The highest BCUT2D eigenvalue weighted by Gasteiger charge is 2.52. The Morgan fingerprint density at radius 2 is 1.75 bits per heavy atom. The highest BCUT2D eigenvalue weighted by molar-refractivity contribution is 6.42. The molecule has 1 aliphatic heterocycles. The largest absolute Gasteiger partial charge is 0.479 e. The van der Waals surface area contributed by atoms with Crippen molar-refractivity contribution in [1.29, 1.82) is 0 Å². The molecule has 3 N–H and O–H groups in total. The fourth-order valence-electron chi connectivity index (χ4n) is 2.23. The Labute approximate surface area is 145 Å². The van der Waals surface area contributed by atoms with E-state index in [4.69, 9.17) is 9.84 Å². The highest BCUT2D eigenvalue weighted by Crippen LogP contribution is 2.32. The van der Waals surface area contributed by atoms with E-state index in [-0.39, 0.29) is 11.8 Å². The van der Waals surface area contributed by atoms with Crippen LogP contribution in [0.5, 0.6) is 0 Å². The van der Waals surface area contributed by atoms with Crippen molar-refractivity contribution in [3.05, 3.63) is 0 Å². The molecule has 0 aromatic rings. The average Bonchev–Trinajstić information content (AvgIpc) is 3.24. The minimum Gasteiger partial charge on any atom is -0.479 e. The maximum Gasteiger partial charge on any atom is 0.336 e. The molecule has 1 rings (SSSR count). The molecule has 1 heterocycles. The Kier molecular flexibility index (Phi) is 6.89. The molecule has 0 unspecified atom stereocenters. The van der Waals surface area contributed by atoms with Crippen LogP contribution in [0.25, 0.3) is 0 Å². The summed E-state index contributed by atoms with van der Waals surface area (Å²) in [5.41, 5.74) is 0. The van der Waals surface area contributed by atoms with Crippen LogP contribution >= 0.6 is 0 Å². The predicted molar refractivity (Wildman–Crippen MR) is 95.3 cm³/mol. The molecule has 24 heavy (non-hydrogen) atoms. The maximum absolute atomic E-state index is 12.6. The first-order valence-electron chi connectivity index (χ1n) is 8.44. The second-order valence-electron chi connectivity index (χ2n) is 7.71. The number of carbonyl (C=O) groups excluding carboxylic acids is 2. The van der Waals surface area contributed by atoms with Crippen molar-refractivity contribution < 1.29 is 24.2 Å². The Morgan fingerprint density at radius 3 is 2.17 bits per heavy atom. The molecular formula is C15H28B2N2O5. The molecule has 1 aliphatic rings. The van der Waals surface area contributed by atoms with Crippen molar-refractivity contribution in [1.82, 2.24) is 10.6 Å². The van der Waals surface area contributed by atoms with Crippen LogP contribution in [0.2, 0.25) is 5.21 Å². The number of aliphatic carboxylic acids is 1. The van der Waals surface area contributed by atoms with Crippen molar-refractivity contribution in [3.8, 4) is 0 Å². The van der Waals surface area contributed by atoms with Crippen LogP contribution in [0.1, 0.15) is 34.1 Å². The number of ether oxygens (including phenoxy) is 1. The molecule has 0 radical (unpaired) electrons. The van der Waals surface area contributed by atoms with E-state index >= 15 is 0 Å². The summed E-state index contributed by atoms with van der Waals surface area (Å²) in [6.45, 7) is 8.64. The molecule has 0 spiro atoms.